The summed E-state index contributed by atoms with van der Waals surface area (Å²) in [5.41, 5.74) is 1.53. The van der Waals surface area contributed by atoms with E-state index >= 15 is 0 Å². The Kier molecular flexibility index (Phi) is 3.57. The van der Waals surface area contributed by atoms with Crippen LogP contribution in [0, 0.1) is 11.3 Å². The summed E-state index contributed by atoms with van der Waals surface area (Å²) in [5, 5.41) is 4.09. The third-order valence-electron chi connectivity index (χ3n) is 3.32. The van der Waals surface area contributed by atoms with Gasteiger partial charge in [-0.3, -0.25) is 0 Å². The number of hydrogen-bond donors (Lipinski definition) is 0. The average Bonchev–Trinajstić information content (AvgIpc) is 2.53. The SMILES string of the molecule is CC.CC1=NOC2C1CCCC2(C)C. The van der Waals surface area contributed by atoms with Crippen LogP contribution in [-0.2, 0) is 4.84 Å². The highest BCUT2D eigenvalue weighted by atomic mass is 16.6. The third-order valence-corrected chi connectivity index (χ3v) is 3.32. The third kappa shape index (κ3) is 1.94. The van der Waals surface area contributed by atoms with Gasteiger partial charge in [-0.2, -0.15) is 0 Å². The molecule has 1 heterocycles. The Morgan fingerprint density at radius 1 is 1.36 bits per heavy atom. The number of hydrogen-bond acceptors (Lipinski definition) is 2. The Morgan fingerprint density at radius 2 is 2.00 bits per heavy atom. The molecule has 2 nitrogen and oxygen atoms in total. The molecule has 1 aliphatic carbocycles. The molecule has 0 amide bonds. The second-order valence-corrected chi connectivity index (χ2v) is 4.75. The summed E-state index contributed by atoms with van der Waals surface area (Å²) in [4.78, 5) is 5.47. The maximum Gasteiger partial charge on any atom is 0.140 e. The van der Waals surface area contributed by atoms with Gasteiger partial charge in [0.05, 0.1) is 5.71 Å². The van der Waals surface area contributed by atoms with Crippen molar-refractivity contribution < 1.29 is 4.84 Å². The van der Waals surface area contributed by atoms with Crippen molar-refractivity contribution in [1.82, 2.24) is 0 Å². The molecule has 0 aromatic rings. The quantitative estimate of drug-likeness (QED) is 0.581. The van der Waals surface area contributed by atoms with Crippen molar-refractivity contribution in [3.63, 3.8) is 0 Å². The molecule has 0 radical (unpaired) electrons. The molecule has 2 atom stereocenters. The first-order valence-electron chi connectivity index (χ1n) is 5.81. The standard InChI is InChI=1S/C10H17NO.C2H6/c1-7-8-5-4-6-10(2,3)9(8)12-11-7;1-2/h8-9H,4-6H2,1-3H3;1-2H3. The molecule has 1 saturated carbocycles. The van der Waals surface area contributed by atoms with E-state index in [0.717, 1.165) is 0 Å². The van der Waals surface area contributed by atoms with E-state index in [0.29, 0.717) is 17.4 Å². The molecule has 1 fully saturated rings. The van der Waals surface area contributed by atoms with Gasteiger partial charge in [0, 0.05) is 11.3 Å². The Labute approximate surface area is 87.7 Å². The van der Waals surface area contributed by atoms with Gasteiger partial charge >= 0.3 is 0 Å². The maximum absolute atomic E-state index is 5.47. The lowest BCUT2D eigenvalue weighted by atomic mass is 9.69. The van der Waals surface area contributed by atoms with Gasteiger partial charge in [-0.1, -0.05) is 39.3 Å². The largest absolute Gasteiger partial charge is 0.391 e. The first-order chi connectivity index (χ1) is 6.61. The molecule has 2 heteroatoms. The van der Waals surface area contributed by atoms with E-state index in [4.69, 9.17) is 4.84 Å². The van der Waals surface area contributed by atoms with Crippen molar-refractivity contribution in [2.45, 2.75) is 60.0 Å². The summed E-state index contributed by atoms with van der Waals surface area (Å²) in [5.74, 6) is 0.605. The minimum Gasteiger partial charge on any atom is -0.391 e. The first-order valence-corrected chi connectivity index (χ1v) is 5.81. The molecule has 0 N–H and O–H groups in total. The van der Waals surface area contributed by atoms with Gasteiger partial charge in [-0.15, -0.1) is 0 Å². The van der Waals surface area contributed by atoms with Gasteiger partial charge in [0.15, 0.2) is 0 Å². The van der Waals surface area contributed by atoms with Crippen molar-refractivity contribution >= 4 is 5.71 Å². The summed E-state index contributed by atoms with van der Waals surface area (Å²) in [6.45, 7) is 10.7. The zero-order valence-corrected chi connectivity index (χ0v) is 10.1. The van der Waals surface area contributed by atoms with Gasteiger partial charge in [-0.05, 0) is 19.8 Å². The van der Waals surface area contributed by atoms with E-state index in [1.165, 1.54) is 25.0 Å². The molecule has 1 aliphatic heterocycles. The van der Waals surface area contributed by atoms with E-state index in [9.17, 15) is 0 Å². The van der Waals surface area contributed by atoms with Crippen molar-refractivity contribution in [3.8, 4) is 0 Å². The summed E-state index contributed by atoms with van der Waals surface area (Å²) in [7, 11) is 0. The smallest absolute Gasteiger partial charge is 0.140 e. The topological polar surface area (TPSA) is 21.6 Å². The van der Waals surface area contributed by atoms with E-state index in [1.807, 2.05) is 13.8 Å². The van der Waals surface area contributed by atoms with Crippen molar-refractivity contribution in [2.75, 3.05) is 0 Å². The van der Waals surface area contributed by atoms with Gasteiger partial charge < -0.3 is 4.84 Å². The summed E-state index contributed by atoms with van der Waals surface area (Å²) in [6, 6.07) is 0. The highest BCUT2D eigenvalue weighted by Crippen LogP contribution is 2.43. The molecule has 0 saturated heterocycles. The van der Waals surface area contributed by atoms with Gasteiger partial charge in [0.2, 0.25) is 0 Å². The van der Waals surface area contributed by atoms with Gasteiger partial charge in [0.25, 0.3) is 0 Å². The first kappa shape index (κ1) is 11.5. The number of rotatable bonds is 0. The molecule has 14 heavy (non-hydrogen) atoms. The van der Waals surface area contributed by atoms with Crippen LogP contribution in [0.4, 0.5) is 0 Å². The van der Waals surface area contributed by atoms with E-state index in [2.05, 4.69) is 25.9 Å². The molecular weight excluding hydrogens is 174 g/mol. The summed E-state index contributed by atoms with van der Waals surface area (Å²) >= 11 is 0. The Balaban J connectivity index is 0.000000461. The number of oxime groups is 1. The molecule has 82 valence electrons. The van der Waals surface area contributed by atoms with Crippen LogP contribution >= 0.6 is 0 Å². The van der Waals surface area contributed by atoms with Crippen molar-refractivity contribution in [2.24, 2.45) is 16.5 Å². The average molecular weight is 197 g/mol. The monoisotopic (exact) mass is 197 g/mol. The predicted octanol–water partition coefficient (Wildman–Crippen LogP) is 3.61. The van der Waals surface area contributed by atoms with Crippen LogP contribution in [0.5, 0.6) is 0 Å². The zero-order valence-electron chi connectivity index (χ0n) is 10.1. The molecular formula is C12H23NO. The van der Waals surface area contributed by atoms with Crippen LogP contribution < -0.4 is 0 Å². The van der Waals surface area contributed by atoms with Gasteiger partial charge in [0.1, 0.15) is 6.10 Å². The van der Waals surface area contributed by atoms with Crippen molar-refractivity contribution in [1.29, 1.82) is 0 Å². The van der Waals surface area contributed by atoms with Crippen LogP contribution in [0.3, 0.4) is 0 Å². The number of fused-ring (bicyclic) bond motifs is 1. The van der Waals surface area contributed by atoms with Crippen LogP contribution in [0.25, 0.3) is 0 Å². The second-order valence-electron chi connectivity index (χ2n) is 4.75. The molecule has 2 unspecified atom stereocenters. The highest BCUT2D eigenvalue weighted by molar-refractivity contribution is 5.85. The van der Waals surface area contributed by atoms with E-state index in [-0.39, 0.29) is 0 Å². The van der Waals surface area contributed by atoms with Crippen LogP contribution in [-0.4, -0.2) is 11.8 Å². The number of nitrogens with zero attached hydrogens (tertiary/aromatic N) is 1. The molecule has 0 spiro atoms. The lowest BCUT2D eigenvalue weighted by molar-refractivity contribution is -0.0458. The van der Waals surface area contributed by atoms with E-state index in [1.54, 1.807) is 0 Å². The van der Waals surface area contributed by atoms with Crippen LogP contribution in [0.15, 0.2) is 5.16 Å². The molecule has 0 bridgehead atoms. The Hall–Kier alpha value is -0.530. The fourth-order valence-corrected chi connectivity index (χ4v) is 2.47. The fraction of sp³-hybridized carbons (Fsp3) is 0.917. The second kappa shape index (κ2) is 4.33. The molecule has 2 aliphatic rings. The van der Waals surface area contributed by atoms with Crippen LogP contribution in [0.1, 0.15) is 53.9 Å². The molecule has 2 rings (SSSR count). The molecule has 0 aromatic heterocycles. The predicted molar refractivity (Wildman–Crippen MR) is 60.5 cm³/mol. The molecule has 0 aromatic carbocycles. The summed E-state index contributed by atoms with van der Waals surface area (Å²) in [6.07, 6.45) is 4.22. The fourth-order valence-electron chi connectivity index (χ4n) is 2.47. The lowest BCUT2D eigenvalue weighted by Crippen LogP contribution is -2.40. The Morgan fingerprint density at radius 3 is 2.57 bits per heavy atom. The maximum atomic E-state index is 5.47. The summed E-state index contributed by atoms with van der Waals surface area (Å²) < 4.78 is 0. The normalized spacial score (nSPS) is 33.4. The van der Waals surface area contributed by atoms with Crippen molar-refractivity contribution in [3.05, 3.63) is 0 Å². The minimum absolute atomic E-state index is 0.324. The Bertz CT molecular complexity index is 220. The minimum atomic E-state index is 0.324. The van der Waals surface area contributed by atoms with E-state index < -0.39 is 0 Å². The lowest BCUT2D eigenvalue weighted by Gasteiger charge is -2.37. The van der Waals surface area contributed by atoms with Gasteiger partial charge in [-0.25, -0.2) is 0 Å². The van der Waals surface area contributed by atoms with Crippen LogP contribution in [0.2, 0.25) is 0 Å². The highest BCUT2D eigenvalue weighted by Gasteiger charge is 2.45. The zero-order chi connectivity index (χ0) is 10.8.